The summed E-state index contributed by atoms with van der Waals surface area (Å²) in [6.07, 6.45) is 4.26. The molecular weight excluding hydrogens is 445 g/mol. The third kappa shape index (κ3) is 4.72. The quantitative estimate of drug-likeness (QED) is 0.500. The van der Waals surface area contributed by atoms with Crippen LogP contribution in [0.1, 0.15) is 30.9 Å². The van der Waals surface area contributed by atoms with E-state index in [1.807, 2.05) is 0 Å². The zero-order valence-electron chi connectivity index (χ0n) is 16.1. The molecule has 156 valence electrons. The van der Waals surface area contributed by atoms with Crippen molar-refractivity contribution in [2.75, 3.05) is 10.2 Å². The van der Waals surface area contributed by atoms with Gasteiger partial charge in [-0.1, -0.05) is 41.2 Å². The summed E-state index contributed by atoms with van der Waals surface area (Å²) in [7, 11) is 0. The van der Waals surface area contributed by atoms with Gasteiger partial charge in [-0.25, -0.2) is 4.79 Å². The van der Waals surface area contributed by atoms with Gasteiger partial charge in [-0.05, 0) is 55.3 Å². The number of aryl methyl sites for hydroxylation is 1. The molecule has 1 aliphatic heterocycles. The molecule has 2 amide bonds. The first kappa shape index (κ1) is 21.0. The van der Waals surface area contributed by atoms with Crippen LogP contribution in [0.15, 0.2) is 42.5 Å². The highest BCUT2D eigenvalue weighted by Crippen LogP contribution is 2.27. The fourth-order valence-corrected chi connectivity index (χ4v) is 3.89. The highest BCUT2D eigenvalue weighted by Gasteiger charge is 2.22. The summed E-state index contributed by atoms with van der Waals surface area (Å²) in [4.78, 5) is 14.8. The van der Waals surface area contributed by atoms with Crippen LogP contribution >= 0.6 is 34.8 Å². The SMILES string of the molecule is O=C(Nc1ccc(Cl)c(Cl)c1)N(Cc1nnc2n1CCCCC2)c1ccc(Cl)cc1. The molecule has 4 rings (SSSR count). The topological polar surface area (TPSA) is 63.1 Å². The lowest BCUT2D eigenvalue weighted by molar-refractivity contribution is 0.256. The Bertz CT molecular complexity index is 1050. The van der Waals surface area contributed by atoms with Gasteiger partial charge in [0.15, 0.2) is 5.82 Å². The van der Waals surface area contributed by atoms with Gasteiger partial charge in [0.25, 0.3) is 0 Å². The second-order valence-corrected chi connectivity index (χ2v) is 8.37. The van der Waals surface area contributed by atoms with E-state index in [0.717, 1.165) is 37.5 Å². The van der Waals surface area contributed by atoms with Crippen molar-refractivity contribution in [3.05, 3.63) is 69.2 Å². The van der Waals surface area contributed by atoms with E-state index in [1.54, 1.807) is 47.4 Å². The number of amides is 2. The molecular formula is C21H20Cl3N5O. The molecule has 1 aromatic heterocycles. The Morgan fingerprint density at radius 1 is 1.00 bits per heavy atom. The molecule has 0 bridgehead atoms. The predicted octanol–water partition coefficient (Wildman–Crippen LogP) is 6.20. The first-order chi connectivity index (χ1) is 14.5. The minimum absolute atomic E-state index is 0.280. The minimum Gasteiger partial charge on any atom is -0.313 e. The van der Waals surface area contributed by atoms with E-state index in [-0.39, 0.29) is 12.6 Å². The van der Waals surface area contributed by atoms with Crippen LogP contribution in [0.4, 0.5) is 16.2 Å². The molecule has 30 heavy (non-hydrogen) atoms. The number of benzene rings is 2. The summed E-state index contributed by atoms with van der Waals surface area (Å²) in [5, 5.41) is 13.0. The van der Waals surface area contributed by atoms with Gasteiger partial charge in [0.05, 0.1) is 16.6 Å². The average molecular weight is 465 g/mol. The third-order valence-electron chi connectivity index (χ3n) is 5.04. The maximum absolute atomic E-state index is 13.2. The number of urea groups is 1. The number of hydrogen-bond acceptors (Lipinski definition) is 3. The van der Waals surface area contributed by atoms with E-state index >= 15 is 0 Å². The molecule has 3 aromatic rings. The summed E-state index contributed by atoms with van der Waals surface area (Å²) >= 11 is 18.1. The van der Waals surface area contributed by atoms with Crippen LogP contribution in [0.2, 0.25) is 15.1 Å². The maximum atomic E-state index is 13.2. The molecule has 9 heteroatoms. The number of hydrogen-bond donors (Lipinski definition) is 1. The molecule has 2 heterocycles. The molecule has 2 aromatic carbocycles. The van der Waals surface area contributed by atoms with Crippen LogP contribution in [-0.2, 0) is 19.5 Å². The molecule has 1 aliphatic rings. The standard InChI is InChI=1S/C21H20Cl3N5O/c22-14-5-8-16(9-6-14)29(21(30)25-15-7-10-17(23)18(24)12-15)13-20-27-26-19-4-2-1-3-11-28(19)20/h5-10,12H,1-4,11,13H2,(H,25,30). The minimum atomic E-state index is -0.318. The Labute approximate surface area is 189 Å². The number of anilines is 2. The number of nitrogens with zero attached hydrogens (tertiary/aromatic N) is 4. The van der Waals surface area contributed by atoms with E-state index < -0.39 is 0 Å². The van der Waals surface area contributed by atoms with Crippen LogP contribution in [-0.4, -0.2) is 20.8 Å². The average Bonchev–Trinajstić information content (AvgIpc) is 2.95. The highest BCUT2D eigenvalue weighted by molar-refractivity contribution is 6.42. The van der Waals surface area contributed by atoms with Crippen LogP contribution in [0.5, 0.6) is 0 Å². The van der Waals surface area contributed by atoms with Crippen molar-refractivity contribution >= 4 is 52.2 Å². The van der Waals surface area contributed by atoms with Crippen LogP contribution < -0.4 is 10.2 Å². The molecule has 0 atom stereocenters. The van der Waals surface area contributed by atoms with Gasteiger partial charge in [0.1, 0.15) is 5.82 Å². The Kier molecular flexibility index (Phi) is 6.46. The molecule has 0 fully saturated rings. The Hall–Kier alpha value is -2.28. The number of fused-ring (bicyclic) bond motifs is 1. The number of carbonyl (C=O) groups excluding carboxylic acids is 1. The van der Waals surface area contributed by atoms with Crippen LogP contribution in [0.3, 0.4) is 0 Å². The number of halogens is 3. The van der Waals surface area contributed by atoms with Gasteiger partial charge in [0.2, 0.25) is 0 Å². The molecule has 0 unspecified atom stereocenters. The number of nitrogens with one attached hydrogen (secondary N) is 1. The van der Waals surface area contributed by atoms with E-state index in [9.17, 15) is 4.79 Å². The molecule has 1 N–H and O–H groups in total. The summed E-state index contributed by atoms with van der Waals surface area (Å²) < 4.78 is 2.13. The fraction of sp³-hybridized carbons (Fsp3) is 0.286. The second-order valence-electron chi connectivity index (χ2n) is 7.12. The van der Waals surface area contributed by atoms with Crippen molar-refractivity contribution in [3.63, 3.8) is 0 Å². The molecule has 0 spiro atoms. The van der Waals surface area contributed by atoms with E-state index in [2.05, 4.69) is 20.1 Å². The van der Waals surface area contributed by atoms with Gasteiger partial charge in [-0.15, -0.1) is 10.2 Å². The lowest BCUT2D eigenvalue weighted by Crippen LogP contribution is -2.35. The van der Waals surface area contributed by atoms with Crippen molar-refractivity contribution in [1.82, 2.24) is 14.8 Å². The summed E-state index contributed by atoms with van der Waals surface area (Å²) in [5.41, 5.74) is 1.25. The predicted molar refractivity (Wildman–Crippen MR) is 121 cm³/mol. The Balaban J connectivity index is 1.63. The lowest BCUT2D eigenvalue weighted by Gasteiger charge is -2.23. The molecule has 0 radical (unpaired) electrons. The second kappa shape index (κ2) is 9.25. The third-order valence-corrected chi connectivity index (χ3v) is 6.03. The van der Waals surface area contributed by atoms with Gasteiger partial charge >= 0.3 is 6.03 Å². The maximum Gasteiger partial charge on any atom is 0.326 e. The van der Waals surface area contributed by atoms with Crippen molar-refractivity contribution in [2.24, 2.45) is 0 Å². The van der Waals surface area contributed by atoms with Crippen LogP contribution in [0, 0.1) is 0 Å². The van der Waals surface area contributed by atoms with Gasteiger partial charge in [-0.3, -0.25) is 4.90 Å². The largest absolute Gasteiger partial charge is 0.326 e. The van der Waals surface area contributed by atoms with E-state index in [0.29, 0.717) is 26.4 Å². The summed E-state index contributed by atoms with van der Waals surface area (Å²) in [6.45, 7) is 1.14. The number of aromatic nitrogens is 3. The van der Waals surface area contributed by atoms with Crippen molar-refractivity contribution in [1.29, 1.82) is 0 Å². The van der Waals surface area contributed by atoms with Gasteiger partial charge in [-0.2, -0.15) is 0 Å². The van der Waals surface area contributed by atoms with Gasteiger partial charge in [0, 0.05) is 29.4 Å². The molecule has 6 nitrogen and oxygen atoms in total. The van der Waals surface area contributed by atoms with E-state index in [4.69, 9.17) is 34.8 Å². The normalized spacial score (nSPS) is 13.4. The van der Waals surface area contributed by atoms with Gasteiger partial charge < -0.3 is 9.88 Å². The van der Waals surface area contributed by atoms with Crippen molar-refractivity contribution in [2.45, 2.75) is 38.8 Å². The lowest BCUT2D eigenvalue weighted by atomic mass is 10.2. The number of carbonyl (C=O) groups is 1. The smallest absolute Gasteiger partial charge is 0.313 e. The first-order valence-electron chi connectivity index (χ1n) is 9.71. The van der Waals surface area contributed by atoms with Crippen molar-refractivity contribution in [3.8, 4) is 0 Å². The first-order valence-corrected chi connectivity index (χ1v) is 10.8. The Morgan fingerprint density at radius 3 is 2.57 bits per heavy atom. The highest BCUT2D eigenvalue weighted by atomic mass is 35.5. The summed E-state index contributed by atoms with van der Waals surface area (Å²) in [6, 6.07) is 11.8. The van der Waals surface area contributed by atoms with E-state index in [1.165, 1.54) is 6.42 Å². The molecule has 0 saturated heterocycles. The molecule has 0 aliphatic carbocycles. The number of rotatable bonds is 4. The fourth-order valence-electron chi connectivity index (χ4n) is 3.47. The molecule has 0 saturated carbocycles. The zero-order valence-corrected chi connectivity index (χ0v) is 18.4. The zero-order chi connectivity index (χ0) is 21.1. The Morgan fingerprint density at radius 2 is 1.80 bits per heavy atom. The van der Waals surface area contributed by atoms with Crippen LogP contribution in [0.25, 0.3) is 0 Å². The van der Waals surface area contributed by atoms with Crippen molar-refractivity contribution < 1.29 is 4.79 Å². The monoisotopic (exact) mass is 463 g/mol. The summed E-state index contributed by atoms with van der Waals surface area (Å²) in [5.74, 6) is 1.73.